The van der Waals surface area contributed by atoms with Gasteiger partial charge in [0.15, 0.2) is 11.6 Å². The molecule has 5 rings (SSSR count). The molecule has 0 aliphatic carbocycles. The minimum atomic E-state index is -0.538. The summed E-state index contributed by atoms with van der Waals surface area (Å²) in [6.45, 7) is 0.990. The first kappa shape index (κ1) is 18.7. The van der Waals surface area contributed by atoms with Crippen LogP contribution in [0.5, 0.6) is 11.5 Å². The van der Waals surface area contributed by atoms with Crippen LogP contribution in [0, 0.1) is 5.82 Å². The van der Waals surface area contributed by atoms with E-state index in [0.29, 0.717) is 25.9 Å². The summed E-state index contributed by atoms with van der Waals surface area (Å²) >= 11 is 0. The van der Waals surface area contributed by atoms with Crippen molar-refractivity contribution < 1.29 is 18.7 Å². The Morgan fingerprint density at radius 2 is 1.93 bits per heavy atom. The lowest BCUT2D eigenvalue weighted by Gasteiger charge is -2.44. The minimum absolute atomic E-state index is 0.0137. The molecule has 0 radical (unpaired) electrons. The number of carbonyl (C=O) groups is 1. The first-order valence-corrected chi connectivity index (χ1v) is 9.97. The van der Waals surface area contributed by atoms with Gasteiger partial charge in [-0.2, -0.15) is 5.10 Å². The Morgan fingerprint density at radius 3 is 2.70 bits per heavy atom. The topological polar surface area (TPSA) is 56.6 Å². The number of piperidine rings is 1. The molecule has 7 heteroatoms. The fourth-order valence-corrected chi connectivity index (χ4v) is 4.60. The van der Waals surface area contributed by atoms with E-state index in [9.17, 15) is 9.18 Å². The van der Waals surface area contributed by atoms with E-state index in [1.807, 2.05) is 42.2 Å². The quantitative estimate of drug-likeness (QED) is 0.649. The fraction of sp³-hybridized carbons (Fsp3) is 0.304. The third-order valence-corrected chi connectivity index (χ3v) is 6.14. The van der Waals surface area contributed by atoms with Gasteiger partial charge in [0, 0.05) is 44.1 Å². The fourth-order valence-electron chi connectivity index (χ4n) is 4.60. The molecule has 1 saturated heterocycles. The molecule has 3 heterocycles. The van der Waals surface area contributed by atoms with E-state index in [1.165, 1.54) is 19.2 Å². The van der Waals surface area contributed by atoms with Crippen molar-refractivity contribution in [1.82, 2.24) is 14.7 Å². The van der Waals surface area contributed by atoms with Gasteiger partial charge >= 0.3 is 0 Å². The predicted molar refractivity (Wildman–Crippen MR) is 109 cm³/mol. The maximum atomic E-state index is 14.0. The number of likely N-dealkylation sites (tertiary alicyclic amines) is 1. The Balaban J connectivity index is 1.44. The van der Waals surface area contributed by atoms with Crippen molar-refractivity contribution in [3.05, 3.63) is 65.6 Å². The van der Waals surface area contributed by atoms with Crippen LogP contribution in [0.3, 0.4) is 0 Å². The van der Waals surface area contributed by atoms with Gasteiger partial charge in [0.05, 0.1) is 24.6 Å². The summed E-state index contributed by atoms with van der Waals surface area (Å²) in [5, 5.41) is 4.48. The van der Waals surface area contributed by atoms with Gasteiger partial charge < -0.3 is 14.4 Å². The average molecular weight is 407 g/mol. The van der Waals surface area contributed by atoms with E-state index in [0.717, 1.165) is 22.6 Å². The van der Waals surface area contributed by atoms with Gasteiger partial charge in [0.1, 0.15) is 11.4 Å². The van der Waals surface area contributed by atoms with Crippen molar-refractivity contribution in [3.63, 3.8) is 0 Å². The molecule has 0 bridgehead atoms. The summed E-state index contributed by atoms with van der Waals surface area (Å²) in [5.41, 5.74) is 2.86. The summed E-state index contributed by atoms with van der Waals surface area (Å²) in [4.78, 5) is 14.8. The van der Waals surface area contributed by atoms with Crippen molar-refractivity contribution in [2.75, 3.05) is 20.2 Å². The highest BCUT2D eigenvalue weighted by atomic mass is 19.1. The number of para-hydroxylation sites is 2. The molecular formula is C23H22FN3O3. The van der Waals surface area contributed by atoms with Crippen LogP contribution in [0.15, 0.2) is 48.7 Å². The Kier molecular flexibility index (Phi) is 4.27. The average Bonchev–Trinajstić information content (AvgIpc) is 3.17. The van der Waals surface area contributed by atoms with Crippen LogP contribution in [-0.2, 0) is 12.6 Å². The van der Waals surface area contributed by atoms with E-state index >= 15 is 0 Å². The number of carbonyl (C=O) groups excluding carboxylic acids is 1. The predicted octanol–water partition coefficient (Wildman–Crippen LogP) is 3.76. The van der Waals surface area contributed by atoms with Crippen molar-refractivity contribution >= 4 is 5.91 Å². The van der Waals surface area contributed by atoms with E-state index in [1.54, 1.807) is 11.0 Å². The normalized spacial score (nSPS) is 16.6. The number of halogens is 1. The number of aromatic nitrogens is 2. The van der Waals surface area contributed by atoms with Crippen LogP contribution < -0.4 is 9.47 Å². The van der Waals surface area contributed by atoms with Crippen LogP contribution >= 0.6 is 0 Å². The lowest BCUT2D eigenvalue weighted by atomic mass is 9.81. The zero-order chi connectivity index (χ0) is 20.9. The van der Waals surface area contributed by atoms with Crippen molar-refractivity contribution in [2.24, 2.45) is 7.05 Å². The molecule has 1 aromatic heterocycles. The Labute approximate surface area is 173 Å². The van der Waals surface area contributed by atoms with Crippen LogP contribution in [0.4, 0.5) is 4.39 Å². The number of benzene rings is 2. The molecule has 0 atom stereocenters. The van der Waals surface area contributed by atoms with E-state index in [2.05, 4.69) is 5.10 Å². The smallest absolute Gasteiger partial charge is 0.257 e. The zero-order valence-corrected chi connectivity index (χ0v) is 16.9. The van der Waals surface area contributed by atoms with E-state index in [4.69, 9.17) is 9.47 Å². The molecule has 1 spiro atoms. The van der Waals surface area contributed by atoms with Crippen LogP contribution in [0.25, 0.3) is 11.3 Å². The number of rotatable bonds is 2. The molecule has 2 aliphatic heterocycles. The minimum Gasteiger partial charge on any atom is -0.493 e. The number of hydrogen-bond acceptors (Lipinski definition) is 4. The number of methoxy groups -OCH3 is 1. The molecule has 30 heavy (non-hydrogen) atoms. The van der Waals surface area contributed by atoms with Crippen LogP contribution in [0.2, 0.25) is 0 Å². The molecule has 0 N–H and O–H groups in total. The molecule has 3 aromatic rings. The van der Waals surface area contributed by atoms with Crippen molar-refractivity contribution in [2.45, 2.75) is 18.4 Å². The van der Waals surface area contributed by atoms with E-state index < -0.39 is 11.4 Å². The number of ether oxygens (including phenoxy) is 2. The second-order valence-corrected chi connectivity index (χ2v) is 7.74. The first-order valence-electron chi connectivity index (χ1n) is 9.97. The van der Waals surface area contributed by atoms with Crippen LogP contribution in [-0.4, -0.2) is 40.8 Å². The van der Waals surface area contributed by atoms with Crippen molar-refractivity contribution in [3.8, 4) is 22.8 Å². The molecule has 2 aliphatic rings. The summed E-state index contributed by atoms with van der Waals surface area (Å²) in [6.07, 6.45) is 3.13. The van der Waals surface area contributed by atoms with Gasteiger partial charge in [0.25, 0.3) is 5.91 Å². The Hall–Kier alpha value is -3.35. The summed E-state index contributed by atoms with van der Waals surface area (Å²) in [6, 6.07) is 12.4. The third kappa shape index (κ3) is 2.69. The highest BCUT2D eigenvalue weighted by Gasteiger charge is 2.46. The number of nitrogens with zero attached hydrogens (tertiary/aromatic N) is 3. The summed E-state index contributed by atoms with van der Waals surface area (Å²) in [7, 11) is 3.31. The van der Waals surface area contributed by atoms with Gasteiger partial charge in [-0.15, -0.1) is 0 Å². The molecule has 2 aromatic carbocycles. The second kappa shape index (κ2) is 6.86. The summed E-state index contributed by atoms with van der Waals surface area (Å²) < 4.78 is 27.6. The standard InChI is InChI=1S/C23H22FN3O3/c1-26-20-15-6-3-4-9-19(15)30-23(17(20)14-25-26)10-12-27(13-11-23)22(28)16-7-5-8-18(24)21(16)29-2/h3-9,14H,10-13H2,1-2H3. The Morgan fingerprint density at radius 1 is 1.17 bits per heavy atom. The number of fused-ring (bicyclic) bond motifs is 4. The first-order chi connectivity index (χ1) is 14.5. The molecule has 154 valence electrons. The lowest BCUT2D eigenvalue weighted by Crippen LogP contribution is -2.49. The Bertz CT molecular complexity index is 1130. The van der Waals surface area contributed by atoms with Crippen molar-refractivity contribution in [1.29, 1.82) is 0 Å². The van der Waals surface area contributed by atoms with Crippen LogP contribution in [0.1, 0.15) is 28.8 Å². The van der Waals surface area contributed by atoms with Gasteiger partial charge in [-0.3, -0.25) is 9.48 Å². The monoisotopic (exact) mass is 407 g/mol. The molecule has 6 nitrogen and oxygen atoms in total. The van der Waals surface area contributed by atoms with E-state index in [-0.39, 0.29) is 17.2 Å². The molecule has 0 saturated carbocycles. The number of amides is 1. The summed E-state index contributed by atoms with van der Waals surface area (Å²) in [5.74, 6) is 0.0493. The highest BCUT2D eigenvalue weighted by molar-refractivity contribution is 5.97. The molecule has 1 amide bonds. The second-order valence-electron chi connectivity index (χ2n) is 7.74. The third-order valence-electron chi connectivity index (χ3n) is 6.14. The largest absolute Gasteiger partial charge is 0.493 e. The maximum Gasteiger partial charge on any atom is 0.257 e. The number of aryl methyl sites for hydroxylation is 1. The van der Waals surface area contributed by atoms with Gasteiger partial charge in [-0.1, -0.05) is 18.2 Å². The molecule has 0 unspecified atom stereocenters. The molecular weight excluding hydrogens is 385 g/mol. The number of hydrogen-bond donors (Lipinski definition) is 0. The SMILES string of the molecule is COc1c(F)cccc1C(=O)N1CCC2(CC1)Oc1ccccc1-c1c2cnn1C. The highest BCUT2D eigenvalue weighted by Crippen LogP contribution is 2.49. The van der Waals surface area contributed by atoms with Gasteiger partial charge in [-0.05, 0) is 24.3 Å². The van der Waals surface area contributed by atoms with Gasteiger partial charge in [-0.25, -0.2) is 4.39 Å². The maximum absolute atomic E-state index is 14.0. The van der Waals surface area contributed by atoms with Gasteiger partial charge in [0.2, 0.25) is 0 Å². The lowest BCUT2D eigenvalue weighted by molar-refractivity contribution is -0.00181. The zero-order valence-electron chi connectivity index (χ0n) is 16.9. The molecule has 1 fully saturated rings.